The van der Waals surface area contributed by atoms with E-state index in [4.69, 9.17) is 9.47 Å². The number of ether oxygens (including phenoxy) is 2. The Balaban J connectivity index is 2.22. The first kappa shape index (κ1) is 33.0. The molecule has 0 fully saturated rings. The smallest absolute Gasteiger partial charge is 0.407 e. The van der Waals surface area contributed by atoms with Crippen LogP contribution in [0.25, 0.3) is 0 Å². The minimum atomic E-state index is -1.18. The van der Waals surface area contributed by atoms with Gasteiger partial charge in [0.2, 0.25) is 11.8 Å². The van der Waals surface area contributed by atoms with Crippen LogP contribution in [0, 0.1) is 11.3 Å². The van der Waals surface area contributed by atoms with Crippen LogP contribution in [0.3, 0.4) is 0 Å². The topological polar surface area (TPSA) is 154 Å². The number of aliphatic carboxylic acids is 1. The zero-order chi connectivity index (χ0) is 30.3. The van der Waals surface area contributed by atoms with E-state index >= 15 is 0 Å². The van der Waals surface area contributed by atoms with Crippen LogP contribution >= 0.6 is 0 Å². The zero-order valence-corrected chi connectivity index (χ0v) is 24.7. The van der Waals surface area contributed by atoms with Crippen molar-refractivity contribution in [3.05, 3.63) is 29.8 Å². The van der Waals surface area contributed by atoms with E-state index in [2.05, 4.69) is 10.6 Å². The lowest BCUT2D eigenvalue weighted by Crippen LogP contribution is -2.52. The van der Waals surface area contributed by atoms with Gasteiger partial charge in [-0.25, -0.2) is 4.79 Å². The summed E-state index contributed by atoms with van der Waals surface area (Å²) in [5.41, 5.74) is 0.242. The second-order valence-corrected chi connectivity index (χ2v) is 12.4. The molecule has 0 spiro atoms. The summed E-state index contributed by atoms with van der Waals surface area (Å²) in [6.45, 7) is 10.6. The molecule has 0 aromatic heterocycles. The van der Waals surface area contributed by atoms with Crippen LogP contribution in [0.2, 0.25) is 0 Å². The maximum atomic E-state index is 13.7. The molecule has 11 heteroatoms. The van der Waals surface area contributed by atoms with Crippen LogP contribution in [-0.4, -0.2) is 78.1 Å². The highest BCUT2D eigenvalue weighted by Gasteiger charge is 2.36. The van der Waals surface area contributed by atoms with E-state index < -0.39 is 41.1 Å². The molecular formula is C29H45N3O8. The molecule has 3 amide bonds. The third kappa shape index (κ3) is 10.4. The van der Waals surface area contributed by atoms with E-state index in [1.807, 2.05) is 38.1 Å². The van der Waals surface area contributed by atoms with Gasteiger partial charge in [0, 0.05) is 25.8 Å². The molecule has 0 saturated heterocycles. The maximum absolute atomic E-state index is 13.7. The Labute approximate surface area is 236 Å². The average Bonchev–Trinajstić information content (AvgIpc) is 2.81. The third-order valence-electron chi connectivity index (χ3n) is 6.68. The standard InChI is InChI=1S/C29H45N3O8/c1-18(26(36)37)12-23(33)21(31-27(38)40-28(2,3)4)14-29(5,6)15-25(35)32-16-20(30-24(34)17-39-7)13-19-10-8-9-11-22(19)32/h8-11,18,20-21,23,33H,12-17H2,1-7H3,(H,30,34)(H,31,38)(H,36,37)/t18-,20-,21+,23+/m1/s1. The number of para-hydroxylation sites is 1. The highest BCUT2D eigenvalue weighted by molar-refractivity contribution is 5.95. The zero-order valence-electron chi connectivity index (χ0n) is 24.7. The van der Waals surface area contributed by atoms with Gasteiger partial charge in [0.15, 0.2) is 0 Å². The SMILES string of the molecule is COCC(=O)N[C@@H]1Cc2ccccc2N(C(=O)CC(C)(C)C[C@H](NC(=O)OC(C)(C)C)[C@@H](O)C[C@@H](C)C(=O)O)C1. The van der Waals surface area contributed by atoms with E-state index in [-0.39, 0.29) is 43.7 Å². The molecule has 0 aliphatic carbocycles. The van der Waals surface area contributed by atoms with E-state index in [1.54, 1.807) is 25.7 Å². The van der Waals surface area contributed by atoms with Gasteiger partial charge in [-0.05, 0) is 57.1 Å². The molecule has 1 aromatic rings. The predicted octanol–water partition coefficient (Wildman–Crippen LogP) is 2.88. The number of alkyl carbamates (subject to hydrolysis) is 1. The van der Waals surface area contributed by atoms with E-state index in [0.717, 1.165) is 11.3 Å². The Morgan fingerprint density at radius 3 is 2.38 bits per heavy atom. The van der Waals surface area contributed by atoms with Gasteiger partial charge in [0.1, 0.15) is 12.2 Å². The normalized spacial score (nSPS) is 17.7. The average molecular weight is 564 g/mol. The number of rotatable bonds is 12. The number of carbonyl (C=O) groups excluding carboxylic acids is 3. The Kier molecular flexibility index (Phi) is 11.5. The van der Waals surface area contributed by atoms with Gasteiger partial charge in [-0.1, -0.05) is 39.0 Å². The molecular weight excluding hydrogens is 518 g/mol. The number of benzene rings is 1. The van der Waals surface area contributed by atoms with Crippen LogP contribution < -0.4 is 15.5 Å². The Hall–Kier alpha value is -3.18. The van der Waals surface area contributed by atoms with E-state index in [0.29, 0.717) is 13.0 Å². The molecule has 1 aliphatic heterocycles. The van der Waals surface area contributed by atoms with Crippen LogP contribution in [0.15, 0.2) is 24.3 Å². The fraction of sp³-hybridized carbons (Fsp3) is 0.655. The van der Waals surface area contributed by atoms with Crippen molar-refractivity contribution in [3.63, 3.8) is 0 Å². The molecule has 224 valence electrons. The largest absolute Gasteiger partial charge is 0.481 e. The fourth-order valence-electron chi connectivity index (χ4n) is 4.87. The Morgan fingerprint density at radius 1 is 1.12 bits per heavy atom. The lowest BCUT2D eigenvalue weighted by molar-refractivity contribution is -0.142. The summed E-state index contributed by atoms with van der Waals surface area (Å²) in [7, 11) is 1.44. The quantitative estimate of drug-likeness (QED) is 0.303. The number of aliphatic hydroxyl groups is 1. The minimum absolute atomic E-state index is 0.0754. The number of carboxylic acids is 1. The first-order chi connectivity index (χ1) is 18.5. The molecule has 0 saturated carbocycles. The number of anilines is 1. The van der Waals surface area contributed by atoms with Gasteiger partial charge in [-0.2, -0.15) is 0 Å². The van der Waals surface area contributed by atoms with Gasteiger partial charge in [-0.3, -0.25) is 14.4 Å². The van der Waals surface area contributed by atoms with Crippen molar-refractivity contribution < 1.29 is 38.9 Å². The third-order valence-corrected chi connectivity index (χ3v) is 6.68. The van der Waals surface area contributed by atoms with E-state index in [9.17, 15) is 29.4 Å². The molecule has 4 N–H and O–H groups in total. The number of carbonyl (C=O) groups is 4. The molecule has 1 aromatic carbocycles. The summed E-state index contributed by atoms with van der Waals surface area (Å²) < 4.78 is 10.3. The molecule has 2 rings (SSSR count). The van der Waals surface area contributed by atoms with Crippen molar-refractivity contribution in [2.24, 2.45) is 11.3 Å². The maximum Gasteiger partial charge on any atom is 0.407 e. The van der Waals surface area contributed by atoms with Crippen molar-refractivity contribution in [1.82, 2.24) is 10.6 Å². The monoisotopic (exact) mass is 563 g/mol. The van der Waals surface area contributed by atoms with Crippen LogP contribution in [-0.2, 0) is 30.3 Å². The Morgan fingerprint density at radius 2 is 1.77 bits per heavy atom. The number of amides is 3. The number of methoxy groups -OCH3 is 1. The van der Waals surface area contributed by atoms with Crippen LogP contribution in [0.4, 0.5) is 10.5 Å². The minimum Gasteiger partial charge on any atom is -0.481 e. The second-order valence-electron chi connectivity index (χ2n) is 12.4. The van der Waals surface area contributed by atoms with Crippen LogP contribution in [0.1, 0.15) is 66.4 Å². The summed E-state index contributed by atoms with van der Waals surface area (Å²) in [5, 5.41) is 25.9. The summed E-state index contributed by atoms with van der Waals surface area (Å²) in [4.78, 5) is 51.5. The number of hydrogen-bond donors (Lipinski definition) is 4. The summed E-state index contributed by atoms with van der Waals surface area (Å²) in [6.07, 6.45) is -1.15. The van der Waals surface area contributed by atoms with Crippen LogP contribution in [0.5, 0.6) is 0 Å². The first-order valence-electron chi connectivity index (χ1n) is 13.6. The highest BCUT2D eigenvalue weighted by Crippen LogP contribution is 2.33. The molecule has 1 heterocycles. The molecule has 0 unspecified atom stereocenters. The van der Waals surface area contributed by atoms with Crippen molar-refractivity contribution in [2.75, 3.05) is 25.2 Å². The van der Waals surface area contributed by atoms with Gasteiger partial charge in [0.05, 0.1) is 24.1 Å². The number of nitrogens with one attached hydrogen (secondary N) is 2. The fourth-order valence-corrected chi connectivity index (χ4v) is 4.87. The van der Waals surface area contributed by atoms with Gasteiger partial charge in [0.25, 0.3) is 0 Å². The van der Waals surface area contributed by atoms with Gasteiger partial charge >= 0.3 is 12.1 Å². The molecule has 11 nitrogen and oxygen atoms in total. The molecule has 1 aliphatic rings. The summed E-state index contributed by atoms with van der Waals surface area (Å²) in [5.74, 6) is -2.33. The van der Waals surface area contributed by atoms with Crippen molar-refractivity contribution in [1.29, 1.82) is 0 Å². The number of hydrogen-bond acceptors (Lipinski definition) is 7. The molecule has 0 radical (unpaired) electrons. The predicted molar refractivity (Wildman–Crippen MR) is 150 cm³/mol. The number of fused-ring (bicyclic) bond motifs is 1. The van der Waals surface area contributed by atoms with Gasteiger partial charge < -0.3 is 35.2 Å². The number of carboxylic acid groups (broad SMARTS) is 1. The van der Waals surface area contributed by atoms with Crippen molar-refractivity contribution in [3.8, 4) is 0 Å². The number of nitrogens with zero attached hydrogens (tertiary/aromatic N) is 1. The molecule has 40 heavy (non-hydrogen) atoms. The van der Waals surface area contributed by atoms with E-state index in [1.165, 1.54) is 14.0 Å². The first-order valence-corrected chi connectivity index (χ1v) is 13.6. The highest BCUT2D eigenvalue weighted by atomic mass is 16.6. The van der Waals surface area contributed by atoms with Crippen molar-refractivity contribution >= 4 is 29.6 Å². The summed E-state index contributed by atoms with van der Waals surface area (Å²) >= 11 is 0. The van der Waals surface area contributed by atoms with Crippen molar-refractivity contribution in [2.45, 2.75) is 91.0 Å². The lowest BCUT2D eigenvalue weighted by Gasteiger charge is -2.38. The number of aliphatic hydroxyl groups excluding tert-OH is 1. The summed E-state index contributed by atoms with van der Waals surface area (Å²) in [6, 6.07) is 6.40. The lowest BCUT2D eigenvalue weighted by atomic mass is 9.79. The molecule has 4 atom stereocenters. The molecule has 0 bridgehead atoms. The Bertz CT molecular complexity index is 1050. The van der Waals surface area contributed by atoms with Gasteiger partial charge in [-0.15, -0.1) is 0 Å². The second kappa shape index (κ2) is 13.9.